The summed E-state index contributed by atoms with van der Waals surface area (Å²) in [6, 6.07) is 1.22. The molecule has 2 heterocycles. The van der Waals surface area contributed by atoms with Gasteiger partial charge in [0.1, 0.15) is 8.42 Å². The van der Waals surface area contributed by atoms with Crippen LogP contribution in [0.15, 0.2) is 14.5 Å². The van der Waals surface area contributed by atoms with Crippen molar-refractivity contribution in [1.82, 2.24) is 5.32 Å². The quantitative estimate of drug-likeness (QED) is 0.830. The van der Waals surface area contributed by atoms with E-state index in [0.29, 0.717) is 24.9 Å². The Morgan fingerprint density at radius 1 is 1.55 bits per heavy atom. The van der Waals surface area contributed by atoms with Gasteiger partial charge in [0.05, 0.1) is 5.25 Å². The van der Waals surface area contributed by atoms with Crippen molar-refractivity contribution in [3.05, 3.63) is 11.6 Å². The van der Waals surface area contributed by atoms with Crippen LogP contribution in [0.25, 0.3) is 0 Å². The molecule has 0 aromatic carbocycles. The molecule has 20 heavy (non-hydrogen) atoms. The van der Waals surface area contributed by atoms with E-state index >= 15 is 0 Å². The van der Waals surface area contributed by atoms with Gasteiger partial charge in [-0.25, -0.2) is 22.0 Å². The summed E-state index contributed by atoms with van der Waals surface area (Å²) in [6.07, 6.45) is 1.05. The summed E-state index contributed by atoms with van der Waals surface area (Å²) < 4.78 is 48.0. The molecule has 2 rings (SSSR count). The van der Waals surface area contributed by atoms with Gasteiger partial charge in [-0.05, 0) is 37.9 Å². The third-order valence-corrected chi connectivity index (χ3v) is 9.03. The fourth-order valence-electron chi connectivity index (χ4n) is 2.51. The lowest BCUT2D eigenvalue weighted by molar-refractivity contribution is 0.482. The summed E-state index contributed by atoms with van der Waals surface area (Å²) in [4.78, 5) is 0. The Balaban J connectivity index is 2.46. The van der Waals surface area contributed by atoms with Crippen LogP contribution in [0.5, 0.6) is 0 Å². The molecule has 0 fully saturated rings. The van der Waals surface area contributed by atoms with E-state index < -0.39 is 25.1 Å². The highest BCUT2D eigenvalue weighted by atomic mass is 32.3. The lowest BCUT2D eigenvalue weighted by Crippen LogP contribution is -2.43. The third-order valence-electron chi connectivity index (χ3n) is 3.47. The normalized spacial score (nSPS) is 23.2. The number of hydrogen-bond donors (Lipinski definition) is 2. The SMILES string of the molecule is CCNC(C)C1CCc2cc(S(N)(=O)=O)sc2S1(=O)=O. The molecular weight excluding hydrogens is 320 g/mol. The summed E-state index contributed by atoms with van der Waals surface area (Å²) in [7, 11) is -7.36. The van der Waals surface area contributed by atoms with Gasteiger partial charge in [0.15, 0.2) is 9.84 Å². The van der Waals surface area contributed by atoms with E-state index in [1.165, 1.54) is 6.07 Å². The monoisotopic (exact) mass is 338 g/mol. The maximum absolute atomic E-state index is 12.6. The van der Waals surface area contributed by atoms with Crippen LogP contribution in [-0.2, 0) is 26.3 Å². The standard InChI is InChI=1S/C11H18N2O4S3/c1-3-13-7(2)9-5-4-8-6-10(20(12,16)17)18-11(8)19(9,14)15/h6-7,9,13H,3-5H2,1-2H3,(H2,12,16,17). The molecule has 0 spiro atoms. The molecule has 0 bridgehead atoms. The lowest BCUT2D eigenvalue weighted by Gasteiger charge is -2.27. The Bertz CT molecular complexity index is 706. The van der Waals surface area contributed by atoms with Gasteiger partial charge in [-0.15, -0.1) is 11.3 Å². The number of thiophene rings is 1. The van der Waals surface area contributed by atoms with E-state index in [-0.39, 0.29) is 14.5 Å². The van der Waals surface area contributed by atoms with Crippen molar-refractivity contribution in [2.75, 3.05) is 6.54 Å². The molecule has 1 aromatic rings. The molecule has 1 aliphatic heterocycles. The Kier molecular flexibility index (Phi) is 4.27. The molecule has 0 radical (unpaired) electrons. The zero-order chi connectivity index (χ0) is 15.1. The Morgan fingerprint density at radius 2 is 2.20 bits per heavy atom. The highest BCUT2D eigenvalue weighted by Crippen LogP contribution is 2.38. The number of sulfonamides is 1. The number of nitrogens with one attached hydrogen (secondary N) is 1. The van der Waals surface area contributed by atoms with E-state index in [0.717, 1.165) is 11.3 Å². The van der Waals surface area contributed by atoms with Crippen LogP contribution in [0.3, 0.4) is 0 Å². The Labute approximate surface area is 123 Å². The molecule has 6 nitrogen and oxygen atoms in total. The summed E-state index contributed by atoms with van der Waals surface area (Å²) in [5.41, 5.74) is 0.568. The van der Waals surface area contributed by atoms with E-state index in [4.69, 9.17) is 5.14 Å². The molecule has 2 unspecified atom stereocenters. The van der Waals surface area contributed by atoms with Gasteiger partial charge in [-0.2, -0.15) is 0 Å². The van der Waals surface area contributed by atoms with Gasteiger partial charge in [0.25, 0.3) is 0 Å². The first-order chi connectivity index (χ1) is 9.17. The molecule has 0 saturated heterocycles. The Hall–Kier alpha value is -0.480. The number of hydrogen-bond acceptors (Lipinski definition) is 6. The molecule has 9 heteroatoms. The number of primary sulfonamides is 1. The summed E-state index contributed by atoms with van der Waals surface area (Å²) in [5.74, 6) is 0. The molecule has 0 saturated carbocycles. The van der Waals surface area contributed by atoms with Crippen molar-refractivity contribution in [2.24, 2.45) is 5.14 Å². The molecular formula is C11H18N2O4S3. The maximum atomic E-state index is 12.6. The third kappa shape index (κ3) is 2.77. The van der Waals surface area contributed by atoms with Crippen molar-refractivity contribution in [3.63, 3.8) is 0 Å². The van der Waals surface area contributed by atoms with E-state index in [9.17, 15) is 16.8 Å². The molecule has 0 amide bonds. The smallest absolute Gasteiger partial charge is 0.247 e. The van der Waals surface area contributed by atoms with Crippen molar-refractivity contribution < 1.29 is 16.8 Å². The predicted octanol–water partition coefficient (Wildman–Crippen LogP) is 0.482. The molecule has 0 aliphatic carbocycles. The van der Waals surface area contributed by atoms with Crippen LogP contribution in [0.1, 0.15) is 25.8 Å². The Morgan fingerprint density at radius 3 is 2.75 bits per heavy atom. The summed E-state index contributed by atoms with van der Waals surface area (Å²) >= 11 is 0.760. The van der Waals surface area contributed by atoms with Gasteiger partial charge in [-0.3, -0.25) is 0 Å². The van der Waals surface area contributed by atoms with Gasteiger partial charge >= 0.3 is 0 Å². The van der Waals surface area contributed by atoms with Crippen LogP contribution in [0.4, 0.5) is 0 Å². The zero-order valence-corrected chi connectivity index (χ0v) is 13.7. The highest BCUT2D eigenvalue weighted by molar-refractivity contribution is 7.95. The molecule has 1 aliphatic rings. The average molecular weight is 338 g/mol. The van der Waals surface area contributed by atoms with Gasteiger partial charge in [-0.1, -0.05) is 6.92 Å². The maximum Gasteiger partial charge on any atom is 0.247 e. The molecule has 3 N–H and O–H groups in total. The summed E-state index contributed by atoms with van der Waals surface area (Å²) in [5, 5.41) is 7.67. The predicted molar refractivity (Wildman–Crippen MR) is 78.1 cm³/mol. The van der Waals surface area contributed by atoms with Crippen molar-refractivity contribution >= 4 is 31.2 Å². The minimum absolute atomic E-state index is 0.0807. The second-order valence-corrected chi connectivity index (χ2v) is 10.1. The van der Waals surface area contributed by atoms with E-state index in [1.807, 2.05) is 13.8 Å². The average Bonchev–Trinajstić information content (AvgIpc) is 2.74. The number of aryl methyl sites for hydroxylation is 1. The van der Waals surface area contributed by atoms with Crippen molar-refractivity contribution in [3.8, 4) is 0 Å². The minimum Gasteiger partial charge on any atom is -0.313 e. The lowest BCUT2D eigenvalue weighted by atomic mass is 10.1. The molecule has 2 atom stereocenters. The van der Waals surface area contributed by atoms with Crippen LogP contribution in [-0.4, -0.2) is 34.7 Å². The number of nitrogens with two attached hydrogens (primary N) is 1. The largest absolute Gasteiger partial charge is 0.313 e. The first-order valence-electron chi connectivity index (χ1n) is 6.30. The first kappa shape index (κ1) is 15.9. The second-order valence-electron chi connectivity index (χ2n) is 4.89. The zero-order valence-electron chi connectivity index (χ0n) is 11.3. The van der Waals surface area contributed by atoms with E-state index in [2.05, 4.69) is 5.32 Å². The fourth-order valence-corrected chi connectivity index (χ4v) is 7.33. The van der Waals surface area contributed by atoms with Crippen molar-refractivity contribution in [1.29, 1.82) is 0 Å². The van der Waals surface area contributed by atoms with Crippen molar-refractivity contribution in [2.45, 2.75) is 46.4 Å². The van der Waals surface area contributed by atoms with Crippen LogP contribution in [0, 0.1) is 0 Å². The topological polar surface area (TPSA) is 106 Å². The van der Waals surface area contributed by atoms with Crippen LogP contribution < -0.4 is 10.5 Å². The van der Waals surface area contributed by atoms with Gasteiger partial charge in [0.2, 0.25) is 10.0 Å². The number of sulfone groups is 1. The highest BCUT2D eigenvalue weighted by Gasteiger charge is 2.39. The van der Waals surface area contributed by atoms with E-state index in [1.54, 1.807) is 0 Å². The van der Waals surface area contributed by atoms with Gasteiger partial charge < -0.3 is 5.32 Å². The van der Waals surface area contributed by atoms with Crippen LogP contribution >= 0.6 is 11.3 Å². The van der Waals surface area contributed by atoms with Crippen LogP contribution in [0.2, 0.25) is 0 Å². The fraction of sp³-hybridized carbons (Fsp3) is 0.636. The number of fused-ring (bicyclic) bond motifs is 1. The summed E-state index contributed by atoms with van der Waals surface area (Å²) in [6.45, 7) is 4.44. The second kappa shape index (κ2) is 5.38. The molecule has 1 aromatic heterocycles. The molecule has 114 valence electrons. The first-order valence-corrected chi connectivity index (χ1v) is 10.2. The number of rotatable bonds is 4. The van der Waals surface area contributed by atoms with Gasteiger partial charge in [0, 0.05) is 6.04 Å². The minimum atomic E-state index is -3.86.